The van der Waals surface area contributed by atoms with Crippen LogP contribution in [0.25, 0.3) is 0 Å². The molecule has 2 aromatic rings. The van der Waals surface area contributed by atoms with Crippen molar-refractivity contribution in [2.45, 2.75) is 18.7 Å². The van der Waals surface area contributed by atoms with Crippen LogP contribution in [0.3, 0.4) is 0 Å². The Morgan fingerprint density at radius 3 is 2.53 bits per heavy atom. The lowest BCUT2D eigenvalue weighted by molar-refractivity contribution is -0.137. The molecule has 1 fully saturated rings. The summed E-state index contributed by atoms with van der Waals surface area (Å²) in [7, 11) is 0. The second-order valence-electron chi connectivity index (χ2n) is 7.02. The van der Waals surface area contributed by atoms with Gasteiger partial charge in [-0.3, -0.25) is 4.79 Å². The molecule has 158 valence electrons. The molecule has 30 heavy (non-hydrogen) atoms. The van der Waals surface area contributed by atoms with E-state index in [0.29, 0.717) is 37.7 Å². The van der Waals surface area contributed by atoms with Crippen LogP contribution in [0.4, 0.5) is 24.5 Å². The standard InChI is InChI=1S/C21H20F3N3O3/c22-21(23,24)16-12-15(27-8-10-29-11-9-27)6-7-17(16)25-20(28)19-13-18(26-30-19)14-4-2-1-3-5-14/h1-7,12,19H,8-11,13H2,(H,25,28). The third-order valence-electron chi connectivity index (χ3n) is 5.01. The van der Waals surface area contributed by atoms with Gasteiger partial charge < -0.3 is 19.8 Å². The SMILES string of the molecule is O=C(Nc1ccc(N2CCOCC2)cc1C(F)(F)F)C1CC(c2ccccc2)=NO1. The molecule has 9 heteroatoms. The summed E-state index contributed by atoms with van der Waals surface area (Å²) < 4.78 is 46.2. The van der Waals surface area contributed by atoms with Crippen LogP contribution in [-0.4, -0.2) is 44.0 Å². The maximum atomic E-state index is 13.7. The van der Waals surface area contributed by atoms with E-state index in [-0.39, 0.29) is 12.1 Å². The van der Waals surface area contributed by atoms with E-state index in [0.717, 1.165) is 11.6 Å². The number of carbonyl (C=O) groups excluding carboxylic acids is 1. The molecular weight excluding hydrogens is 399 g/mol. The van der Waals surface area contributed by atoms with Gasteiger partial charge in [-0.2, -0.15) is 13.2 Å². The molecule has 2 aliphatic heterocycles. The lowest BCUT2D eigenvalue weighted by Gasteiger charge is -2.29. The molecule has 0 aliphatic carbocycles. The van der Waals surface area contributed by atoms with Crippen LogP contribution in [0.1, 0.15) is 17.5 Å². The normalized spacial score (nSPS) is 19.2. The fourth-order valence-electron chi connectivity index (χ4n) is 3.43. The molecule has 0 saturated carbocycles. The summed E-state index contributed by atoms with van der Waals surface area (Å²) in [5.74, 6) is -0.672. The second-order valence-corrected chi connectivity index (χ2v) is 7.02. The van der Waals surface area contributed by atoms with Gasteiger partial charge >= 0.3 is 6.18 Å². The molecule has 0 spiro atoms. The number of oxime groups is 1. The maximum Gasteiger partial charge on any atom is 0.418 e. The number of nitrogens with one attached hydrogen (secondary N) is 1. The smallest absolute Gasteiger partial charge is 0.382 e. The van der Waals surface area contributed by atoms with Gasteiger partial charge in [-0.05, 0) is 23.8 Å². The average Bonchev–Trinajstić information content (AvgIpc) is 3.25. The Hall–Kier alpha value is -3.07. The highest BCUT2D eigenvalue weighted by molar-refractivity contribution is 6.06. The third kappa shape index (κ3) is 4.40. The van der Waals surface area contributed by atoms with Crippen LogP contribution in [0, 0.1) is 0 Å². The Morgan fingerprint density at radius 1 is 1.10 bits per heavy atom. The predicted octanol–water partition coefficient (Wildman–Crippen LogP) is 3.67. The number of rotatable bonds is 4. The zero-order valence-electron chi connectivity index (χ0n) is 16.0. The van der Waals surface area contributed by atoms with Crippen LogP contribution >= 0.6 is 0 Å². The van der Waals surface area contributed by atoms with E-state index in [2.05, 4.69) is 10.5 Å². The Morgan fingerprint density at radius 2 is 1.83 bits per heavy atom. The third-order valence-corrected chi connectivity index (χ3v) is 5.01. The first-order valence-electron chi connectivity index (χ1n) is 9.55. The summed E-state index contributed by atoms with van der Waals surface area (Å²) in [4.78, 5) is 19.5. The lowest BCUT2D eigenvalue weighted by atomic mass is 10.0. The molecule has 6 nitrogen and oxygen atoms in total. The zero-order chi connectivity index (χ0) is 21.1. The molecule has 2 aliphatic rings. The molecule has 2 aromatic carbocycles. The summed E-state index contributed by atoms with van der Waals surface area (Å²) in [5, 5.41) is 6.27. The fraction of sp³-hybridized carbons (Fsp3) is 0.333. The number of anilines is 2. The summed E-state index contributed by atoms with van der Waals surface area (Å²) in [6.45, 7) is 1.95. The van der Waals surface area contributed by atoms with Crippen molar-refractivity contribution in [3.8, 4) is 0 Å². The van der Waals surface area contributed by atoms with Gasteiger partial charge in [0.15, 0.2) is 0 Å². The number of nitrogens with zero attached hydrogens (tertiary/aromatic N) is 2. The van der Waals surface area contributed by atoms with E-state index in [1.54, 1.807) is 6.07 Å². The van der Waals surface area contributed by atoms with E-state index < -0.39 is 23.8 Å². The van der Waals surface area contributed by atoms with Gasteiger partial charge in [0, 0.05) is 25.2 Å². The summed E-state index contributed by atoms with van der Waals surface area (Å²) >= 11 is 0. The van der Waals surface area contributed by atoms with Crippen molar-refractivity contribution in [1.82, 2.24) is 0 Å². The highest BCUT2D eigenvalue weighted by Gasteiger charge is 2.36. The number of alkyl halides is 3. The molecule has 1 saturated heterocycles. The average molecular weight is 419 g/mol. The quantitative estimate of drug-likeness (QED) is 0.822. The van der Waals surface area contributed by atoms with Crippen LogP contribution in [0.2, 0.25) is 0 Å². The van der Waals surface area contributed by atoms with Crippen molar-refractivity contribution >= 4 is 23.0 Å². The highest BCUT2D eigenvalue weighted by Crippen LogP contribution is 2.37. The monoisotopic (exact) mass is 419 g/mol. The minimum absolute atomic E-state index is 0.184. The highest BCUT2D eigenvalue weighted by atomic mass is 19.4. The van der Waals surface area contributed by atoms with Gasteiger partial charge in [-0.15, -0.1) is 0 Å². The Kier molecular flexibility index (Phi) is 5.63. The maximum absolute atomic E-state index is 13.7. The fourth-order valence-corrected chi connectivity index (χ4v) is 3.43. The number of morpholine rings is 1. The molecule has 1 amide bonds. The Balaban J connectivity index is 1.49. The molecule has 0 bridgehead atoms. The lowest BCUT2D eigenvalue weighted by Crippen LogP contribution is -2.36. The molecule has 0 radical (unpaired) electrons. The van der Waals surface area contributed by atoms with Crippen LogP contribution in [0.5, 0.6) is 0 Å². The van der Waals surface area contributed by atoms with Gasteiger partial charge in [-0.25, -0.2) is 0 Å². The molecule has 0 aromatic heterocycles. The van der Waals surface area contributed by atoms with Crippen LogP contribution in [0.15, 0.2) is 53.7 Å². The van der Waals surface area contributed by atoms with E-state index in [9.17, 15) is 18.0 Å². The number of halogens is 3. The van der Waals surface area contributed by atoms with Gasteiger partial charge in [0.2, 0.25) is 6.10 Å². The van der Waals surface area contributed by atoms with Crippen molar-refractivity contribution in [3.63, 3.8) is 0 Å². The van der Waals surface area contributed by atoms with Crippen molar-refractivity contribution in [2.24, 2.45) is 5.16 Å². The van der Waals surface area contributed by atoms with Gasteiger partial charge in [0.25, 0.3) is 5.91 Å². The Bertz CT molecular complexity index is 942. The topological polar surface area (TPSA) is 63.2 Å². The summed E-state index contributed by atoms with van der Waals surface area (Å²) in [6.07, 6.45) is -5.42. The first-order chi connectivity index (χ1) is 14.4. The van der Waals surface area contributed by atoms with Crippen LogP contribution < -0.4 is 10.2 Å². The van der Waals surface area contributed by atoms with E-state index in [1.165, 1.54) is 6.07 Å². The molecule has 1 N–H and O–H groups in total. The molecular formula is C21H20F3N3O3. The molecule has 1 atom stereocenters. The first kappa shape index (κ1) is 20.2. The van der Waals surface area contributed by atoms with E-state index in [4.69, 9.17) is 9.57 Å². The minimum atomic E-state index is -4.62. The summed E-state index contributed by atoms with van der Waals surface area (Å²) in [5.41, 5.74) is 0.617. The molecule has 4 rings (SSSR count). The van der Waals surface area contributed by atoms with Gasteiger partial charge in [0.1, 0.15) is 0 Å². The van der Waals surface area contributed by atoms with E-state index in [1.807, 2.05) is 35.2 Å². The number of hydrogen-bond acceptors (Lipinski definition) is 5. The second kappa shape index (κ2) is 8.35. The minimum Gasteiger partial charge on any atom is -0.382 e. The number of carbonyl (C=O) groups is 1. The number of benzene rings is 2. The summed E-state index contributed by atoms with van der Waals surface area (Å²) in [6, 6.07) is 13.1. The molecule has 2 heterocycles. The van der Waals surface area contributed by atoms with E-state index >= 15 is 0 Å². The van der Waals surface area contributed by atoms with Crippen LogP contribution in [-0.2, 0) is 20.5 Å². The molecule has 1 unspecified atom stereocenters. The van der Waals surface area contributed by atoms with Gasteiger partial charge in [0.05, 0.1) is 30.2 Å². The van der Waals surface area contributed by atoms with Crippen molar-refractivity contribution in [2.75, 3.05) is 36.5 Å². The first-order valence-corrected chi connectivity index (χ1v) is 9.55. The van der Waals surface area contributed by atoms with Crippen molar-refractivity contribution < 1.29 is 27.5 Å². The number of amides is 1. The van der Waals surface area contributed by atoms with Gasteiger partial charge in [-0.1, -0.05) is 35.5 Å². The number of ether oxygens (including phenoxy) is 1. The predicted molar refractivity (Wildman–Crippen MR) is 106 cm³/mol. The zero-order valence-corrected chi connectivity index (χ0v) is 16.0. The van der Waals surface area contributed by atoms with Crippen molar-refractivity contribution in [1.29, 1.82) is 0 Å². The largest absolute Gasteiger partial charge is 0.418 e. The Labute approximate surface area is 171 Å². The number of hydrogen-bond donors (Lipinski definition) is 1. The van der Waals surface area contributed by atoms with Crippen molar-refractivity contribution in [3.05, 3.63) is 59.7 Å².